The number of aryl methyl sites for hydroxylation is 2. The van der Waals surface area contributed by atoms with Gasteiger partial charge in [0.2, 0.25) is 0 Å². The van der Waals surface area contributed by atoms with Crippen molar-refractivity contribution < 1.29 is 113 Å². The molecule has 0 amide bonds. The van der Waals surface area contributed by atoms with Crippen LogP contribution < -0.4 is 118 Å². The predicted octanol–water partition coefficient (Wildman–Crippen LogP) is -3.97. The summed E-state index contributed by atoms with van der Waals surface area (Å²) < 4.78 is 1.51. The summed E-state index contributed by atoms with van der Waals surface area (Å²) in [5.41, 5.74) is 5.32. The van der Waals surface area contributed by atoms with Crippen LogP contribution in [0.5, 0.6) is 0 Å². The van der Waals surface area contributed by atoms with Crippen molar-refractivity contribution in [3.05, 3.63) is 53.6 Å². The number of carboxylic acid groups (broad SMARTS) is 1. The zero-order valence-electron chi connectivity index (χ0n) is 19.7. The molecule has 0 aliphatic heterocycles. The minimum absolute atomic E-state index is 0. The number of carbonyl (C=O) groups is 1. The van der Waals surface area contributed by atoms with E-state index in [1.54, 1.807) is 0 Å². The van der Waals surface area contributed by atoms with Gasteiger partial charge in [-0.25, -0.2) is 4.68 Å². The second-order valence-electron chi connectivity index (χ2n) is 7.41. The van der Waals surface area contributed by atoms with Gasteiger partial charge in [0.1, 0.15) is 0 Å². The van der Waals surface area contributed by atoms with Crippen LogP contribution in [-0.4, -0.2) is 45.8 Å². The van der Waals surface area contributed by atoms with E-state index in [9.17, 15) is 9.90 Å². The average Bonchev–Trinajstić information content (AvgIpc) is 3.16. The SMILES string of the molecule is Cc1cccc(C)c1N(CCCNc1cccc(-n2nnnc2[S-])c1)CCCC(=O)[O-].[K+].[K+]. The number of para-hydroxylation sites is 1. The topological polar surface area (TPSA) is 99.0 Å². The zero-order valence-corrected chi connectivity index (χ0v) is 26.8. The molecule has 1 aromatic heterocycles. The van der Waals surface area contributed by atoms with Gasteiger partial charge in [-0.15, -0.1) is 5.10 Å². The maximum Gasteiger partial charge on any atom is 1.00 e. The quantitative estimate of drug-likeness (QED) is 0.157. The molecule has 0 spiro atoms. The van der Waals surface area contributed by atoms with Gasteiger partial charge in [0.25, 0.3) is 0 Å². The Morgan fingerprint density at radius 1 is 1.09 bits per heavy atom. The molecule has 1 heterocycles. The van der Waals surface area contributed by atoms with Crippen molar-refractivity contribution in [3.8, 4) is 5.69 Å². The second kappa shape index (κ2) is 15.9. The molecule has 0 atom stereocenters. The summed E-state index contributed by atoms with van der Waals surface area (Å²) in [6.07, 6.45) is 1.51. The molecule has 0 aliphatic rings. The molecule has 3 rings (SSSR count). The van der Waals surface area contributed by atoms with Crippen LogP contribution in [-0.2, 0) is 17.4 Å². The van der Waals surface area contributed by atoms with E-state index in [0.717, 1.165) is 30.9 Å². The summed E-state index contributed by atoms with van der Waals surface area (Å²) >= 11 is 5.12. The molecular weight excluding hydrogens is 491 g/mol. The fourth-order valence-corrected chi connectivity index (χ4v) is 3.82. The van der Waals surface area contributed by atoms with E-state index in [0.29, 0.717) is 18.1 Å². The van der Waals surface area contributed by atoms with Crippen LogP contribution in [0.15, 0.2) is 47.6 Å². The number of aliphatic carboxylic acids is 1. The van der Waals surface area contributed by atoms with Crippen molar-refractivity contribution in [1.82, 2.24) is 20.2 Å². The van der Waals surface area contributed by atoms with E-state index >= 15 is 0 Å². The first-order valence-electron chi connectivity index (χ1n) is 10.3. The van der Waals surface area contributed by atoms with Crippen LogP contribution in [0.2, 0.25) is 0 Å². The summed E-state index contributed by atoms with van der Waals surface area (Å²) in [6, 6.07) is 14.0. The maximum atomic E-state index is 10.8. The predicted molar refractivity (Wildman–Crippen MR) is 120 cm³/mol. The fraction of sp³-hybridized carbons (Fsp3) is 0.364. The Morgan fingerprint density at radius 3 is 2.39 bits per heavy atom. The van der Waals surface area contributed by atoms with E-state index < -0.39 is 5.97 Å². The number of anilines is 2. The van der Waals surface area contributed by atoms with Crippen LogP contribution in [0.4, 0.5) is 11.4 Å². The van der Waals surface area contributed by atoms with Gasteiger partial charge in [0.05, 0.1) is 5.69 Å². The Bertz CT molecular complexity index is 1010. The molecule has 0 bridgehead atoms. The number of tetrazole rings is 1. The molecule has 0 radical (unpaired) electrons. The van der Waals surface area contributed by atoms with Crippen molar-refractivity contribution in [2.75, 3.05) is 29.9 Å². The van der Waals surface area contributed by atoms with Crippen molar-refractivity contribution in [2.45, 2.75) is 38.3 Å². The summed E-state index contributed by atoms with van der Waals surface area (Å²) in [5, 5.41) is 25.8. The third kappa shape index (κ3) is 9.56. The van der Waals surface area contributed by atoms with E-state index in [1.807, 2.05) is 30.3 Å². The zero-order chi connectivity index (χ0) is 22.2. The fourth-order valence-electron chi connectivity index (χ4n) is 3.65. The molecule has 0 aliphatic carbocycles. The van der Waals surface area contributed by atoms with Gasteiger partial charge in [-0.1, -0.05) is 24.3 Å². The Morgan fingerprint density at radius 2 is 1.76 bits per heavy atom. The summed E-state index contributed by atoms with van der Waals surface area (Å²) in [6.45, 7) is 6.43. The van der Waals surface area contributed by atoms with Crippen LogP contribution in [0, 0.1) is 13.8 Å². The molecule has 164 valence electrons. The van der Waals surface area contributed by atoms with Crippen LogP contribution >= 0.6 is 0 Å². The molecule has 8 nitrogen and oxygen atoms in total. The van der Waals surface area contributed by atoms with Crippen LogP contribution in [0.25, 0.3) is 5.69 Å². The van der Waals surface area contributed by atoms with Crippen molar-refractivity contribution >= 4 is 30.0 Å². The van der Waals surface area contributed by atoms with Crippen LogP contribution in [0.1, 0.15) is 30.4 Å². The second-order valence-corrected chi connectivity index (χ2v) is 7.77. The number of carbonyl (C=O) groups excluding carboxylic acids is 1. The minimum Gasteiger partial charge on any atom is -0.738 e. The number of aromatic nitrogens is 4. The molecule has 0 saturated carbocycles. The standard InChI is InChI=1S/C22H28N6O2S.2K/c1-16-7-3-8-17(2)21(16)27(13-5-11-20(29)30)14-6-12-23-18-9-4-10-19(15-18)28-22(31)24-25-26-28;;/h3-4,7-10,15,23H,5-6,11-14H2,1-2H3,(H,29,30)(H,24,26,31);;/q;2*+1/p-2. The largest absolute Gasteiger partial charge is 1.00 e. The first kappa shape index (κ1) is 31.1. The van der Waals surface area contributed by atoms with E-state index in [4.69, 9.17) is 12.6 Å². The third-order valence-electron chi connectivity index (χ3n) is 5.03. The number of rotatable bonds is 11. The number of nitrogens with one attached hydrogen (secondary N) is 1. The summed E-state index contributed by atoms with van der Waals surface area (Å²) in [4.78, 5) is 13.1. The van der Waals surface area contributed by atoms with Crippen LogP contribution in [0.3, 0.4) is 0 Å². The van der Waals surface area contributed by atoms with Gasteiger partial charge >= 0.3 is 103 Å². The molecule has 0 saturated heterocycles. The van der Waals surface area contributed by atoms with Crippen molar-refractivity contribution in [1.29, 1.82) is 0 Å². The number of hydrogen-bond donors (Lipinski definition) is 1. The monoisotopic (exact) mass is 516 g/mol. The number of carboxylic acids is 1. The third-order valence-corrected chi connectivity index (χ3v) is 5.28. The molecule has 33 heavy (non-hydrogen) atoms. The molecule has 2 aromatic carbocycles. The number of hydrogen-bond acceptors (Lipinski definition) is 8. The van der Waals surface area contributed by atoms with Crippen molar-refractivity contribution in [3.63, 3.8) is 0 Å². The normalized spacial score (nSPS) is 10.1. The molecule has 11 heteroatoms. The van der Waals surface area contributed by atoms with E-state index in [1.165, 1.54) is 21.5 Å². The van der Waals surface area contributed by atoms with Gasteiger partial charge in [-0.05, 0) is 72.9 Å². The van der Waals surface area contributed by atoms with Gasteiger partial charge in [-0.2, -0.15) is 0 Å². The first-order chi connectivity index (χ1) is 15.0. The Hall–Kier alpha value is 0.0727. The number of benzene rings is 2. The Kier molecular flexibility index (Phi) is 15.0. The molecular formula is C22H26K2N6O2S. The van der Waals surface area contributed by atoms with Gasteiger partial charge in [0.15, 0.2) is 0 Å². The van der Waals surface area contributed by atoms with Gasteiger partial charge < -0.3 is 32.7 Å². The molecule has 1 N–H and O–H groups in total. The van der Waals surface area contributed by atoms with Gasteiger partial charge in [0, 0.05) is 42.1 Å². The minimum atomic E-state index is -1.01. The molecule has 3 aromatic rings. The van der Waals surface area contributed by atoms with E-state index in [-0.39, 0.29) is 109 Å². The Labute approximate surface area is 285 Å². The maximum absolute atomic E-state index is 10.8. The summed E-state index contributed by atoms with van der Waals surface area (Å²) in [7, 11) is 0. The smallest absolute Gasteiger partial charge is 0.738 e. The van der Waals surface area contributed by atoms with E-state index in [2.05, 4.69) is 51.7 Å². The summed E-state index contributed by atoms with van der Waals surface area (Å²) in [5.74, 6) is -1.01. The van der Waals surface area contributed by atoms with Crippen molar-refractivity contribution in [2.24, 2.45) is 0 Å². The molecule has 0 unspecified atom stereocenters. The van der Waals surface area contributed by atoms with Gasteiger partial charge in [-0.3, -0.25) is 0 Å². The number of nitrogens with zero attached hydrogens (tertiary/aromatic N) is 5. The molecule has 0 fully saturated rings. The Balaban J connectivity index is 0.00000272. The average molecular weight is 517 g/mol. The first-order valence-corrected chi connectivity index (χ1v) is 10.7.